The van der Waals surface area contributed by atoms with Gasteiger partial charge in [0.05, 0.1) is 16.6 Å². The summed E-state index contributed by atoms with van der Waals surface area (Å²) in [6.07, 6.45) is 0.840. The molecule has 0 aliphatic heterocycles. The van der Waals surface area contributed by atoms with E-state index in [-0.39, 0.29) is 5.56 Å². The molecule has 0 saturated heterocycles. The first kappa shape index (κ1) is 21.7. The molecule has 0 spiro atoms. The van der Waals surface area contributed by atoms with Gasteiger partial charge < -0.3 is 9.67 Å². The van der Waals surface area contributed by atoms with Gasteiger partial charge >= 0.3 is 6.18 Å². The van der Waals surface area contributed by atoms with Gasteiger partial charge in [-0.3, -0.25) is 0 Å². The molecule has 0 saturated carbocycles. The Hall–Kier alpha value is -4.08. The van der Waals surface area contributed by atoms with Gasteiger partial charge in [-0.1, -0.05) is 60.5 Å². The van der Waals surface area contributed by atoms with Crippen LogP contribution in [0.5, 0.6) is 0 Å². The van der Waals surface area contributed by atoms with Crippen molar-refractivity contribution < 1.29 is 22.7 Å². The summed E-state index contributed by atoms with van der Waals surface area (Å²) in [6.45, 7) is 0. The molecule has 34 heavy (non-hydrogen) atoms. The largest absolute Gasteiger partial charge is 0.416 e. The Morgan fingerprint density at radius 2 is 1.26 bits per heavy atom. The smallest absolute Gasteiger partial charge is 0.369 e. The Bertz CT molecular complexity index is 1520. The number of halogens is 4. The highest BCUT2D eigenvalue weighted by molar-refractivity contribution is 6.09. The molecule has 2 nitrogen and oxygen atoms in total. The molecule has 0 fully saturated rings. The minimum absolute atomic E-state index is 0.165. The summed E-state index contributed by atoms with van der Waals surface area (Å²) < 4.78 is 55.5. The van der Waals surface area contributed by atoms with E-state index in [1.165, 1.54) is 0 Å². The van der Waals surface area contributed by atoms with Crippen molar-refractivity contribution in [3.05, 3.63) is 114 Å². The fourth-order valence-corrected chi connectivity index (χ4v) is 4.35. The zero-order chi connectivity index (χ0) is 24.1. The quantitative estimate of drug-likeness (QED) is 0.233. The normalized spacial score (nSPS) is 13.6. The predicted molar refractivity (Wildman–Crippen MR) is 124 cm³/mol. The Balaban J connectivity index is 1.62. The van der Waals surface area contributed by atoms with Crippen molar-refractivity contribution in [2.45, 2.75) is 11.8 Å². The van der Waals surface area contributed by atoms with E-state index >= 15 is 0 Å². The van der Waals surface area contributed by atoms with Crippen LogP contribution < -0.4 is 0 Å². The van der Waals surface area contributed by atoms with Gasteiger partial charge in [0.15, 0.2) is 5.60 Å². The molecular formula is C28H17F4NO. The van der Waals surface area contributed by atoms with Gasteiger partial charge in [0.1, 0.15) is 5.82 Å². The van der Waals surface area contributed by atoms with Crippen LogP contribution in [-0.2, 0) is 11.8 Å². The molecule has 1 N–H and O–H groups in total. The topological polar surface area (TPSA) is 25.2 Å². The van der Waals surface area contributed by atoms with Crippen molar-refractivity contribution in [3.63, 3.8) is 0 Å². The van der Waals surface area contributed by atoms with E-state index in [1.54, 1.807) is 24.3 Å². The van der Waals surface area contributed by atoms with E-state index in [1.807, 2.05) is 48.5 Å². The molecule has 5 rings (SSSR count). The fourth-order valence-electron chi connectivity index (χ4n) is 4.35. The number of hydrogen-bond donors (Lipinski definition) is 1. The van der Waals surface area contributed by atoms with Crippen molar-refractivity contribution in [1.82, 2.24) is 4.57 Å². The Kier molecular flexibility index (Phi) is 4.96. The van der Waals surface area contributed by atoms with Crippen LogP contribution in [0.2, 0.25) is 0 Å². The summed E-state index contributed by atoms with van der Waals surface area (Å²) in [5.74, 6) is 0.917. The third kappa shape index (κ3) is 3.33. The summed E-state index contributed by atoms with van der Waals surface area (Å²) in [4.78, 5) is 0. The molecule has 1 unspecified atom stereocenters. The first-order chi connectivity index (χ1) is 16.2. The number of rotatable bonds is 3. The van der Waals surface area contributed by atoms with Crippen LogP contribution in [0, 0.1) is 18.2 Å². The monoisotopic (exact) mass is 459 g/mol. The maximum atomic E-state index is 14.6. The molecule has 168 valence electrons. The number of para-hydroxylation sites is 2. The van der Waals surface area contributed by atoms with Gasteiger partial charge in [-0.05, 0) is 36.4 Å². The van der Waals surface area contributed by atoms with Crippen LogP contribution in [0.25, 0.3) is 27.5 Å². The summed E-state index contributed by atoms with van der Waals surface area (Å²) in [7, 11) is 0. The Morgan fingerprint density at radius 3 is 1.76 bits per heavy atom. The number of fused-ring (bicyclic) bond motifs is 3. The lowest BCUT2D eigenvalue weighted by Crippen LogP contribution is -2.27. The van der Waals surface area contributed by atoms with E-state index in [0.29, 0.717) is 12.1 Å². The van der Waals surface area contributed by atoms with Gasteiger partial charge in [-0.15, -0.1) is 6.42 Å². The lowest BCUT2D eigenvalue weighted by Gasteiger charge is -2.25. The number of hydrogen-bond acceptors (Lipinski definition) is 1. The number of aliphatic hydroxyl groups is 1. The van der Waals surface area contributed by atoms with E-state index in [2.05, 4.69) is 10.5 Å². The number of alkyl halides is 3. The SMILES string of the molecule is C#CC(O)(c1ccc(-n2c3ccccc3c3ccccc32)cc1)c1ccc(C(F)(F)F)cc1F. The number of benzene rings is 4. The molecule has 4 aromatic carbocycles. The number of terminal acetylenes is 1. The average Bonchev–Trinajstić information content (AvgIpc) is 3.17. The highest BCUT2D eigenvalue weighted by Gasteiger charge is 2.36. The minimum atomic E-state index is -4.71. The van der Waals surface area contributed by atoms with Crippen molar-refractivity contribution >= 4 is 21.8 Å². The molecule has 0 aliphatic carbocycles. The number of nitrogens with zero attached hydrogens (tertiary/aromatic N) is 1. The molecular weight excluding hydrogens is 442 g/mol. The molecule has 0 aliphatic rings. The maximum absolute atomic E-state index is 14.6. The zero-order valence-electron chi connectivity index (χ0n) is 17.6. The highest BCUT2D eigenvalue weighted by atomic mass is 19.4. The first-order valence-electron chi connectivity index (χ1n) is 10.4. The predicted octanol–water partition coefficient (Wildman–Crippen LogP) is 6.81. The van der Waals surface area contributed by atoms with Gasteiger partial charge in [0.25, 0.3) is 0 Å². The standard InChI is InChI=1S/C28H17F4NO/c1-2-27(34,23-16-13-19(17-24(23)29)28(30,31)32)18-11-14-20(15-12-18)33-25-9-5-3-7-21(25)22-8-4-6-10-26(22)33/h1,3-17,34H. The van der Waals surface area contributed by atoms with Crippen molar-refractivity contribution in [1.29, 1.82) is 0 Å². The van der Waals surface area contributed by atoms with Crippen molar-refractivity contribution in [2.24, 2.45) is 0 Å². The Labute approximate surface area is 192 Å². The van der Waals surface area contributed by atoms with Crippen molar-refractivity contribution in [3.8, 4) is 18.0 Å². The van der Waals surface area contributed by atoms with Crippen LogP contribution in [0.4, 0.5) is 17.6 Å². The highest BCUT2D eigenvalue weighted by Crippen LogP contribution is 2.37. The first-order valence-corrected chi connectivity index (χ1v) is 10.4. The van der Waals surface area contributed by atoms with Crippen LogP contribution in [0.3, 0.4) is 0 Å². The molecule has 1 aromatic heterocycles. The van der Waals surface area contributed by atoms with Crippen LogP contribution in [0.1, 0.15) is 16.7 Å². The summed E-state index contributed by atoms with van der Waals surface area (Å²) >= 11 is 0. The lowest BCUT2D eigenvalue weighted by atomic mass is 9.86. The Morgan fingerprint density at radius 1 is 0.735 bits per heavy atom. The second kappa shape index (κ2) is 7.75. The molecule has 6 heteroatoms. The summed E-state index contributed by atoms with van der Waals surface area (Å²) in [5, 5.41) is 13.3. The average molecular weight is 459 g/mol. The van der Waals surface area contributed by atoms with Gasteiger partial charge in [-0.25, -0.2) is 4.39 Å². The molecule has 5 aromatic rings. The maximum Gasteiger partial charge on any atom is 0.416 e. The number of aromatic nitrogens is 1. The van der Waals surface area contributed by atoms with E-state index < -0.39 is 28.7 Å². The third-order valence-corrected chi connectivity index (χ3v) is 6.02. The van der Waals surface area contributed by atoms with E-state index in [0.717, 1.165) is 33.6 Å². The molecule has 1 heterocycles. The second-order valence-electron chi connectivity index (χ2n) is 7.96. The fraction of sp³-hybridized carbons (Fsp3) is 0.0714. The van der Waals surface area contributed by atoms with Crippen LogP contribution in [0.15, 0.2) is 91.0 Å². The summed E-state index contributed by atoms with van der Waals surface area (Å²) in [6, 6.07) is 24.4. The molecule has 0 bridgehead atoms. The van der Waals surface area contributed by atoms with E-state index in [4.69, 9.17) is 6.42 Å². The molecule has 0 amide bonds. The van der Waals surface area contributed by atoms with Gasteiger partial charge in [-0.2, -0.15) is 13.2 Å². The van der Waals surface area contributed by atoms with Gasteiger partial charge in [0.2, 0.25) is 0 Å². The third-order valence-electron chi connectivity index (χ3n) is 6.02. The van der Waals surface area contributed by atoms with Crippen molar-refractivity contribution in [2.75, 3.05) is 0 Å². The second-order valence-corrected chi connectivity index (χ2v) is 7.96. The molecule has 1 atom stereocenters. The van der Waals surface area contributed by atoms with Gasteiger partial charge in [0, 0.05) is 27.6 Å². The van der Waals surface area contributed by atoms with Crippen LogP contribution in [-0.4, -0.2) is 9.67 Å². The molecule has 0 radical (unpaired) electrons. The summed E-state index contributed by atoms with van der Waals surface area (Å²) in [5.41, 5.74) is -0.906. The van der Waals surface area contributed by atoms with E-state index in [9.17, 15) is 22.7 Å². The lowest BCUT2D eigenvalue weighted by molar-refractivity contribution is -0.137. The van der Waals surface area contributed by atoms with Crippen LogP contribution >= 0.6 is 0 Å². The zero-order valence-corrected chi connectivity index (χ0v) is 17.6. The minimum Gasteiger partial charge on any atom is -0.369 e.